The topological polar surface area (TPSA) is 67.0 Å². The Balaban J connectivity index is 2.54. The molecule has 0 aliphatic heterocycles. The van der Waals surface area contributed by atoms with Crippen LogP contribution in [-0.2, 0) is 9.53 Å². The van der Waals surface area contributed by atoms with Gasteiger partial charge in [-0.1, -0.05) is 0 Å². The summed E-state index contributed by atoms with van der Waals surface area (Å²) >= 11 is 0. The summed E-state index contributed by atoms with van der Waals surface area (Å²) in [7, 11) is 1.49. The van der Waals surface area contributed by atoms with Gasteiger partial charge in [-0.2, -0.15) is 5.10 Å². The van der Waals surface area contributed by atoms with E-state index in [4.69, 9.17) is 4.74 Å². The van der Waals surface area contributed by atoms with Crippen molar-refractivity contribution in [3.63, 3.8) is 0 Å². The first-order chi connectivity index (χ1) is 6.13. The number of amides is 1. The van der Waals surface area contributed by atoms with Gasteiger partial charge in [0.25, 0.3) is 5.91 Å². The van der Waals surface area contributed by atoms with Gasteiger partial charge in [0, 0.05) is 18.9 Å². The number of nitrogens with zero attached hydrogens (tertiary/aromatic N) is 1. The molecule has 1 heterocycles. The molecule has 2 N–H and O–H groups in total. The molecule has 0 bridgehead atoms. The molecule has 1 aromatic rings. The Labute approximate surface area is 76.5 Å². The third-order valence-electron chi connectivity index (χ3n) is 1.68. The lowest BCUT2D eigenvalue weighted by molar-refractivity contribution is -0.124. The number of nitrogens with one attached hydrogen (secondary N) is 2. The third-order valence-corrected chi connectivity index (χ3v) is 1.68. The molecule has 0 aliphatic rings. The number of H-pyrrole nitrogens is 1. The van der Waals surface area contributed by atoms with Gasteiger partial charge in [-0.05, 0) is 13.8 Å². The van der Waals surface area contributed by atoms with Crippen LogP contribution in [0.1, 0.15) is 12.6 Å². The van der Waals surface area contributed by atoms with Crippen molar-refractivity contribution in [2.75, 3.05) is 12.4 Å². The number of aromatic amines is 1. The van der Waals surface area contributed by atoms with E-state index in [1.807, 2.05) is 6.92 Å². The Morgan fingerprint density at radius 2 is 2.46 bits per heavy atom. The zero-order valence-corrected chi connectivity index (χ0v) is 7.92. The maximum Gasteiger partial charge on any atom is 0.254 e. The number of rotatable bonds is 3. The molecule has 0 radical (unpaired) electrons. The van der Waals surface area contributed by atoms with Gasteiger partial charge in [0.1, 0.15) is 6.10 Å². The summed E-state index contributed by atoms with van der Waals surface area (Å²) in [5.74, 6) is 0.320. The molecule has 5 heteroatoms. The van der Waals surface area contributed by atoms with Gasteiger partial charge in [-0.25, -0.2) is 0 Å². The monoisotopic (exact) mass is 183 g/mol. The van der Waals surface area contributed by atoms with Crippen molar-refractivity contribution < 1.29 is 9.53 Å². The molecule has 1 aromatic heterocycles. The Bertz CT molecular complexity index is 295. The number of aromatic nitrogens is 2. The molecular weight excluding hydrogens is 170 g/mol. The number of aryl methyl sites for hydroxylation is 1. The van der Waals surface area contributed by atoms with Crippen LogP contribution in [0.5, 0.6) is 0 Å². The van der Waals surface area contributed by atoms with E-state index in [0.29, 0.717) is 5.82 Å². The van der Waals surface area contributed by atoms with Crippen LogP contribution >= 0.6 is 0 Å². The SMILES string of the molecule is COC(C)C(=O)Nc1cc(C)[nH]n1. The fraction of sp³-hybridized carbons (Fsp3) is 0.500. The number of carbonyl (C=O) groups is 1. The first kappa shape index (κ1) is 9.73. The molecule has 5 nitrogen and oxygen atoms in total. The highest BCUT2D eigenvalue weighted by atomic mass is 16.5. The number of hydrogen-bond acceptors (Lipinski definition) is 3. The standard InChI is InChI=1S/C8H13N3O2/c1-5-4-7(11-10-5)9-8(12)6(2)13-3/h4,6H,1-3H3,(H2,9,10,11,12). The van der Waals surface area contributed by atoms with Gasteiger partial charge < -0.3 is 10.1 Å². The average Bonchev–Trinajstić information content (AvgIpc) is 2.49. The molecule has 72 valence electrons. The summed E-state index contributed by atoms with van der Waals surface area (Å²) in [6.45, 7) is 3.54. The molecular formula is C8H13N3O2. The number of hydrogen-bond donors (Lipinski definition) is 2. The summed E-state index contributed by atoms with van der Waals surface area (Å²) in [6.07, 6.45) is -0.461. The van der Waals surface area contributed by atoms with Crippen LogP contribution in [0, 0.1) is 6.92 Å². The van der Waals surface area contributed by atoms with Crippen molar-refractivity contribution in [1.82, 2.24) is 10.2 Å². The van der Waals surface area contributed by atoms with Crippen LogP contribution < -0.4 is 5.32 Å². The predicted molar refractivity (Wildman–Crippen MR) is 48.4 cm³/mol. The highest BCUT2D eigenvalue weighted by molar-refractivity contribution is 5.93. The number of carbonyl (C=O) groups excluding carboxylic acids is 1. The molecule has 1 amide bonds. The van der Waals surface area contributed by atoms with Gasteiger partial charge in [0.15, 0.2) is 5.82 Å². The van der Waals surface area contributed by atoms with E-state index in [1.54, 1.807) is 13.0 Å². The lowest BCUT2D eigenvalue weighted by Crippen LogP contribution is -2.26. The number of methoxy groups -OCH3 is 1. The van der Waals surface area contributed by atoms with Crippen LogP contribution in [-0.4, -0.2) is 29.3 Å². The summed E-state index contributed by atoms with van der Waals surface area (Å²) < 4.78 is 4.84. The average molecular weight is 183 g/mol. The Morgan fingerprint density at radius 3 is 2.92 bits per heavy atom. The minimum Gasteiger partial charge on any atom is -0.372 e. The van der Waals surface area contributed by atoms with Crippen molar-refractivity contribution in [1.29, 1.82) is 0 Å². The largest absolute Gasteiger partial charge is 0.372 e. The Kier molecular flexibility index (Phi) is 3.02. The first-order valence-corrected chi connectivity index (χ1v) is 3.99. The summed E-state index contributed by atoms with van der Waals surface area (Å²) in [6, 6.07) is 1.75. The highest BCUT2D eigenvalue weighted by Crippen LogP contribution is 2.04. The van der Waals surface area contributed by atoms with E-state index in [0.717, 1.165) is 5.69 Å². The number of ether oxygens (including phenoxy) is 1. The molecule has 1 unspecified atom stereocenters. The molecule has 0 spiro atoms. The van der Waals surface area contributed by atoms with Gasteiger partial charge in [0.05, 0.1) is 0 Å². The van der Waals surface area contributed by atoms with Gasteiger partial charge in [-0.15, -0.1) is 0 Å². The lowest BCUT2D eigenvalue weighted by Gasteiger charge is -2.07. The minimum absolute atomic E-state index is 0.200. The van der Waals surface area contributed by atoms with Crippen molar-refractivity contribution in [2.24, 2.45) is 0 Å². The predicted octanol–water partition coefficient (Wildman–Crippen LogP) is 0.692. The van der Waals surface area contributed by atoms with Crippen LogP contribution in [0.15, 0.2) is 6.07 Å². The molecule has 0 fully saturated rings. The van der Waals surface area contributed by atoms with Crippen LogP contribution in [0.2, 0.25) is 0 Å². The summed E-state index contributed by atoms with van der Waals surface area (Å²) in [4.78, 5) is 11.3. The molecule has 0 saturated carbocycles. The van der Waals surface area contributed by atoms with Gasteiger partial charge in [0.2, 0.25) is 0 Å². The second-order valence-corrected chi connectivity index (χ2v) is 2.80. The molecule has 0 saturated heterocycles. The second kappa shape index (κ2) is 4.04. The fourth-order valence-electron chi connectivity index (χ4n) is 0.817. The van der Waals surface area contributed by atoms with Gasteiger partial charge >= 0.3 is 0 Å². The zero-order chi connectivity index (χ0) is 9.84. The van der Waals surface area contributed by atoms with E-state index in [1.165, 1.54) is 7.11 Å². The normalized spacial score (nSPS) is 12.5. The van der Waals surface area contributed by atoms with E-state index < -0.39 is 6.10 Å². The van der Waals surface area contributed by atoms with Crippen molar-refractivity contribution >= 4 is 11.7 Å². The molecule has 1 rings (SSSR count). The molecule has 0 aliphatic carbocycles. The van der Waals surface area contributed by atoms with Crippen LogP contribution in [0.4, 0.5) is 5.82 Å². The van der Waals surface area contributed by atoms with Gasteiger partial charge in [-0.3, -0.25) is 9.89 Å². The summed E-state index contributed by atoms with van der Waals surface area (Å²) in [5, 5.41) is 9.19. The van der Waals surface area contributed by atoms with Crippen LogP contribution in [0.25, 0.3) is 0 Å². The van der Waals surface area contributed by atoms with Crippen LogP contribution in [0.3, 0.4) is 0 Å². The highest BCUT2D eigenvalue weighted by Gasteiger charge is 2.12. The number of anilines is 1. The van der Waals surface area contributed by atoms with E-state index >= 15 is 0 Å². The second-order valence-electron chi connectivity index (χ2n) is 2.80. The maximum atomic E-state index is 11.3. The molecule has 0 aromatic carbocycles. The van der Waals surface area contributed by atoms with Crippen molar-refractivity contribution in [3.05, 3.63) is 11.8 Å². The first-order valence-electron chi connectivity index (χ1n) is 3.99. The fourth-order valence-corrected chi connectivity index (χ4v) is 0.817. The van der Waals surface area contributed by atoms with E-state index in [2.05, 4.69) is 15.5 Å². The smallest absolute Gasteiger partial charge is 0.254 e. The van der Waals surface area contributed by atoms with E-state index in [-0.39, 0.29) is 5.91 Å². The Hall–Kier alpha value is -1.36. The van der Waals surface area contributed by atoms with Crippen molar-refractivity contribution in [2.45, 2.75) is 20.0 Å². The summed E-state index contributed by atoms with van der Waals surface area (Å²) in [5.41, 5.74) is 0.903. The third kappa shape index (κ3) is 2.55. The molecule has 13 heavy (non-hydrogen) atoms. The Morgan fingerprint density at radius 1 is 1.77 bits per heavy atom. The minimum atomic E-state index is -0.461. The van der Waals surface area contributed by atoms with E-state index in [9.17, 15) is 4.79 Å². The maximum absolute atomic E-state index is 11.3. The molecule has 1 atom stereocenters. The lowest BCUT2D eigenvalue weighted by atomic mass is 10.3. The quantitative estimate of drug-likeness (QED) is 0.724. The van der Waals surface area contributed by atoms with Crippen molar-refractivity contribution in [3.8, 4) is 0 Å². The zero-order valence-electron chi connectivity index (χ0n) is 7.92.